The molecule has 2 bridgehead atoms. The predicted octanol–water partition coefficient (Wildman–Crippen LogP) is 0.804. The summed E-state index contributed by atoms with van der Waals surface area (Å²) >= 11 is 0. The molecular formula is C11H20N2O2. The number of carboxylic acids is 1. The normalized spacial score (nSPS) is 37.9. The molecule has 2 saturated heterocycles. The molecule has 0 aliphatic carbocycles. The number of fused-ring (bicyclic) bond motifs is 2. The van der Waals surface area contributed by atoms with Gasteiger partial charge < -0.3 is 10.8 Å². The fourth-order valence-electron chi connectivity index (χ4n) is 3.28. The zero-order valence-electron chi connectivity index (χ0n) is 9.22. The van der Waals surface area contributed by atoms with Crippen molar-refractivity contribution < 1.29 is 9.90 Å². The highest BCUT2D eigenvalue weighted by molar-refractivity contribution is 5.73. The minimum absolute atomic E-state index is 0.282. The van der Waals surface area contributed by atoms with Crippen LogP contribution < -0.4 is 5.73 Å². The van der Waals surface area contributed by atoms with Crippen LogP contribution in [0.1, 0.15) is 39.0 Å². The van der Waals surface area contributed by atoms with Gasteiger partial charge in [-0.2, -0.15) is 0 Å². The second-order valence-corrected chi connectivity index (χ2v) is 4.83. The molecule has 0 radical (unpaired) electrons. The minimum Gasteiger partial charge on any atom is -0.480 e. The number of nitrogens with zero attached hydrogens (tertiary/aromatic N) is 1. The summed E-state index contributed by atoms with van der Waals surface area (Å²) in [5.74, 6) is -0.676. The van der Waals surface area contributed by atoms with Crippen LogP contribution >= 0.6 is 0 Å². The number of carbonyl (C=O) groups is 1. The average Bonchev–Trinajstić information content (AvgIpc) is 2.44. The van der Waals surface area contributed by atoms with E-state index in [9.17, 15) is 9.90 Å². The molecule has 2 fully saturated rings. The molecule has 2 heterocycles. The van der Waals surface area contributed by atoms with Crippen molar-refractivity contribution in [2.45, 2.75) is 63.2 Å². The zero-order valence-corrected chi connectivity index (χ0v) is 9.22. The van der Waals surface area contributed by atoms with Gasteiger partial charge in [0.1, 0.15) is 6.04 Å². The van der Waals surface area contributed by atoms with E-state index in [1.54, 1.807) is 0 Å². The third kappa shape index (κ3) is 1.88. The van der Waals surface area contributed by atoms with E-state index in [1.165, 1.54) is 0 Å². The van der Waals surface area contributed by atoms with Gasteiger partial charge in [0.2, 0.25) is 0 Å². The molecule has 0 saturated carbocycles. The molecule has 3 atom stereocenters. The van der Waals surface area contributed by atoms with Crippen molar-refractivity contribution in [3.8, 4) is 0 Å². The molecule has 15 heavy (non-hydrogen) atoms. The quantitative estimate of drug-likeness (QED) is 0.726. The first-order chi connectivity index (χ1) is 7.13. The first-order valence-corrected chi connectivity index (χ1v) is 5.89. The number of aliphatic carboxylic acids is 1. The number of nitrogens with two attached hydrogens (primary N) is 1. The summed E-state index contributed by atoms with van der Waals surface area (Å²) in [4.78, 5) is 13.4. The highest BCUT2D eigenvalue weighted by Gasteiger charge is 2.44. The number of hydrogen-bond acceptors (Lipinski definition) is 3. The van der Waals surface area contributed by atoms with Crippen LogP contribution in [0.4, 0.5) is 0 Å². The van der Waals surface area contributed by atoms with E-state index >= 15 is 0 Å². The van der Waals surface area contributed by atoms with Crippen LogP contribution in [0.25, 0.3) is 0 Å². The number of rotatable bonds is 3. The molecule has 2 aliphatic heterocycles. The van der Waals surface area contributed by atoms with Gasteiger partial charge in [-0.3, -0.25) is 9.69 Å². The van der Waals surface area contributed by atoms with E-state index in [0.29, 0.717) is 18.5 Å². The van der Waals surface area contributed by atoms with E-state index < -0.39 is 5.97 Å². The molecule has 0 aromatic rings. The van der Waals surface area contributed by atoms with Gasteiger partial charge in [0.25, 0.3) is 0 Å². The molecule has 2 rings (SSSR count). The summed E-state index contributed by atoms with van der Waals surface area (Å²) in [7, 11) is 0. The van der Waals surface area contributed by atoms with Gasteiger partial charge in [-0.1, -0.05) is 6.92 Å². The lowest BCUT2D eigenvalue weighted by atomic mass is 9.95. The van der Waals surface area contributed by atoms with Crippen molar-refractivity contribution in [1.29, 1.82) is 0 Å². The monoisotopic (exact) mass is 212 g/mol. The van der Waals surface area contributed by atoms with E-state index in [2.05, 4.69) is 4.90 Å². The van der Waals surface area contributed by atoms with Crippen molar-refractivity contribution in [2.24, 2.45) is 5.73 Å². The van der Waals surface area contributed by atoms with Crippen molar-refractivity contribution in [3.05, 3.63) is 0 Å². The van der Waals surface area contributed by atoms with Gasteiger partial charge in [0.15, 0.2) is 0 Å². The number of carboxylic acid groups (broad SMARTS) is 1. The van der Waals surface area contributed by atoms with E-state index in [1.807, 2.05) is 6.92 Å². The maximum Gasteiger partial charge on any atom is 0.320 e. The third-order valence-electron chi connectivity index (χ3n) is 3.86. The topological polar surface area (TPSA) is 66.6 Å². The van der Waals surface area contributed by atoms with Gasteiger partial charge in [-0.05, 0) is 32.1 Å². The molecule has 0 aromatic carbocycles. The van der Waals surface area contributed by atoms with Crippen LogP contribution in [0.3, 0.4) is 0 Å². The second-order valence-electron chi connectivity index (χ2n) is 4.83. The fraction of sp³-hybridized carbons (Fsp3) is 0.909. The SMILES string of the molecule is CCC(C(=O)O)N1C2CCC1CC(N)C2. The molecule has 4 nitrogen and oxygen atoms in total. The lowest BCUT2D eigenvalue weighted by molar-refractivity contribution is -0.145. The molecule has 86 valence electrons. The number of hydrogen-bond donors (Lipinski definition) is 2. The Morgan fingerprint density at radius 3 is 2.40 bits per heavy atom. The van der Waals surface area contributed by atoms with Crippen LogP contribution in [0.15, 0.2) is 0 Å². The Hall–Kier alpha value is -0.610. The molecule has 3 unspecified atom stereocenters. The van der Waals surface area contributed by atoms with Crippen molar-refractivity contribution in [3.63, 3.8) is 0 Å². The molecule has 2 aliphatic rings. The van der Waals surface area contributed by atoms with Crippen LogP contribution in [0.2, 0.25) is 0 Å². The maximum atomic E-state index is 11.2. The predicted molar refractivity (Wildman–Crippen MR) is 57.6 cm³/mol. The largest absolute Gasteiger partial charge is 0.480 e. The lowest BCUT2D eigenvalue weighted by Crippen LogP contribution is -2.54. The summed E-state index contributed by atoms with van der Waals surface area (Å²) in [6.45, 7) is 1.95. The van der Waals surface area contributed by atoms with Crippen molar-refractivity contribution >= 4 is 5.97 Å². The molecular weight excluding hydrogens is 192 g/mol. The van der Waals surface area contributed by atoms with Crippen LogP contribution in [0.5, 0.6) is 0 Å². The summed E-state index contributed by atoms with van der Waals surface area (Å²) < 4.78 is 0. The second kappa shape index (κ2) is 4.10. The first kappa shape index (κ1) is 10.9. The van der Waals surface area contributed by atoms with Gasteiger partial charge in [-0.15, -0.1) is 0 Å². The van der Waals surface area contributed by atoms with Crippen LogP contribution in [-0.4, -0.2) is 40.1 Å². The standard InChI is InChI=1S/C11H20N2O2/c1-2-10(11(14)15)13-8-3-4-9(13)6-7(12)5-8/h7-10H,2-6,12H2,1H3,(H,14,15). The van der Waals surface area contributed by atoms with Gasteiger partial charge in [0.05, 0.1) is 0 Å². The van der Waals surface area contributed by atoms with Crippen molar-refractivity contribution in [1.82, 2.24) is 4.90 Å². The molecule has 3 N–H and O–H groups in total. The average molecular weight is 212 g/mol. The van der Waals surface area contributed by atoms with E-state index in [0.717, 1.165) is 25.7 Å². The number of piperidine rings is 1. The Balaban J connectivity index is 2.13. The summed E-state index contributed by atoms with van der Waals surface area (Å²) in [6.07, 6.45) is 4.89. The van der Waals surface area contributed by atoms with E-state index in [-0.39, 0.29) is 12.1 Å². The van der Waals surface area contributed by atoms with E-state index in [4.69, 9.17) is 5.73 Å². The Kier molecular flexibility index (Phi) is 2.98. The smallest absolute Gasteiger partial charge is 0.320 e. The molecule has 0 spiro atoms. The Morgan fingerprint density at radius 1 is 1.47 bits per heavy atom. The minimum atomic E-state index is -0.676. The summed E-state index contributed by atoms with van der Waals surface area (Å²) in [6, 6.07) is 0.819. The summed E-state index contributed by atoms with van der Waals surface area (Å²) in [5, 5.41) is 9.18. The van der Waals surface area contributed by atoms with Crippen molar-refractivity contribution in [2.75, 3.05) is 0 Å². The highest BCUT2D eigenvalue weighted by Crippen LogP contribution is 2.37. The third-order valence-corrected chi connectivity index (χ3v) is 3.86. The maximum absolute atomic E-state index is 11.2. The summed E-state index contributed by atoms with van der Waals surface area (Å²) in [5.41, 5.74) is 5.96. The molecule has 0 aromatic heterocycles. The van der Waals surface area contributed by atoms with Crippen LogP contribution in [0, 0.1) is 0 Å². The Bertz CT molecular complexity index is 243. The van der Waals surface area contributed by atoms with Crippen LogP contribution in [-0.2, 0) is 4.79 Å². The lowest BCUT2D eigenvalue weighted by Gasteiger charge is -2.40. The molecule has 4 heteroatoms. The zero-order chi connectivity index (χ0) is 11.0. The van der Waals surface area contributed by atoms with Gasteiger partial charge in [0, 0.05) is 18.1 Å². The van der Waals surface area contributed by atoms with Gasteiger partial charge in [-0.25, -0.2) is 0 Å². The fourth-order valence-corrected chi connectivity index (χ4v) is 3.28. The molecule has 0 amide bonds. The highest BCUT2D eigenvalue weighted by atomic mass is 16.4. The first-order valence-electron chi connectivity index (χ1n) is 5.89. The van der Waals surface area contributed by atoms with Gasteiger partial charge >= 0.3 is 5.97 Å². The Morgan fingerprint density at radius 2 is 2.00 bits per heavy atom. The Labute approximate surface area is 90.4 Å².